The van der Waals surface area contributed by atoms with Gasteiger partial charge in [0.05, 0.1) is 30.0 Å². The van der Waals surface area contributed by atoms with Gasteiger partial charge in [0.25, 0.3) is 5.91 Å². The number of nitrogens with one attached hydrogen (secondary N) is 1. The van der Waals surface area contributed by atoms with Gasteiger partial charge in [0.15, 0.2) is 5.82 Å². The number of rotatable bonds is 8. The Morgan fingerprint density at radius 2 is 1.94 bits per heavy atom. The van der Waals surface area contributed by atoms with Gasteiger partial charge in [-0.1, -0.05) is 12.1 Å². The third-order valence-corrected chi connectivity index (χ3v) is 5.81. The Bertz CT molecular complexity index is 1330. The SMILES string of the molecule is NC(=O)c1ccccc1Nc1nc(-c2cccnc2)nc2ccc(OCCN3CCOCC3)cc12. The highest BCUT2D eigenvalue weighted by molar-refractivity contribution is 6.01. The Labute approximate surface area is 202 Å². The molecule has 35 heavy (non-hydrogen) atoms. The molecule has 1 amide bonds. The van der Waals surface area contributed by atoms with Gasteiger partial charge in [-0.25, -0.2) is 9.97 Å². The highest BCUT2D eigenvalue weighted by atomic mass is 16.5. The van der Waals surface area contributed by atoms with Gasteiger partial charge in [-0.3, -0.25) is 14.7 Å². The number of primary amides is 1. The second-order valence-electron chi connectivity index (χ2n) is 8.15. The molecular formula is C26H26N6O3. The lowest BCUT2D eigenvalue weighted by molar-refractivity contribution is 0.0322. The summed E-state index contributed by atoms with van der Waals surface area (Å²) in [5.74, 6) is 1.26. The molecule has 1 aliphatic rings. The molecule has 3 N–H and O–H groups in total. The van der Waals surface area contributed by atoms with Gasteiger partial charge in [-0.15, -0.1) is 0 Å². The van der Waals surface area contributed by atoms with E-state index in [2.05, 4.69) is 15.2 Å². The van der Waals surface area contributed by atoms with Crippen LogP contribution in [0.3, 0.4) is 0 Å². The largest absolute Gasteiger partial charge is 0.492 e. The summed E-state index contributed by atoms with van der Waals surface area (Å²) in [5, 5.41) is 4.06. The molecule has 9 nitrogen and oxygen atoms in total. The Hall–Kier alpha value is -4.08. The van der Waals surface area contributed by atoms with Crippen LogP contribution in [0.2, 0.25) is 0 Å². The number of morpholine rings is 1. The number of carbonyl (C=O) groups is 1. The molecule has 4 aromatic rings. The zero-order chi connectivity index (χ0) is 24.0. The number of pyridine rings is 1. The fourth-order valence-corrected chi connectivity index (χ4v) is 3.97. The molecular weight excluding hydrogens is 444 g/mol. The second-order valence-corrected chi connectivity index (χ2v) is 8.15. The minimum Gasteiger partial charge on any atom is -0.492 e. The topological polar surface area (TPSA) is 115 Å². The minimum atomic E-state index is -0.522. The van der Waals surface area contributed by atoms with Crippen LogP contribution in [0.5, 0.6) is 5.75 Å². The van der Waals surface area contributed by atoms with Gasteiger partial charge >= 0.3 is 0 Å². The summed E-state index contributed by atoms with van der Waals surface area (Å²) in [6.07, 6.45) is 3.42. The number of fused-ring (bicyclic) bond motifs is 1. The molecule has 0 radical (unpaired) electrons. The van der Waals surface area contributed by atoms with Crippen LogP contribution >= 0.6 is 0 Å². The van der Waals surface area contributed by atoms with Crippen molar-refractivity contribution in [3.8, 4) is 17.1 Å². The zero-order valence-electron chi connectivity index (χ0n) is 19.2. The van der Waals surface area contributed by atoms with Gasteiger partial charge in [-0.05, 0) is 42.5 Å². The number of anilines is 2. The van der Waals surface area contributed by atoms with E-state index in [4.69, 9.17) is 25.2 Å². The quantitative estimate of drug-likeness (QED) is 0.403. The van der Waals surface area contributed by atoms with Crippen molar-refractivity contribution in [2.75, 3.05) is 44.8 Å². The van der Waals surface area contributed by atoms with Gasteiger partial charge < -0.3 is 20.5 Å². The van der Waals surface area contributed by atoms with Crippen LogP contribution in [-0.4, -0.2) is 65.2 Å². The number of benzene rings is 2. The number of aromatic nitrogens is 3. The van der Waals surface area contributed by atoms with Crippen LogP contribution in [0.25, 0.3) is 22.3 Å². The Morgan fingerprint density at radius 1 is 1.09 bits per heavy atom. The van der Waals surface area contributed by atoms with Crippen molar-refractivity contribution >= 4 is 28.3 Å². The fraction of sp³-hybridized carbons (Fsp3) is 0.231. The monoisotopic (exact) mass is 470 g/mol. The molecule has 3 heterocycles. The Morgan fingerprint density at radius 3 is 2.74 bits per heavy atom. The van der Waals surface area contributed by atoms with E-state index in [-0.39, 0.29) is 0 Å². The first-order valence-corrected chi connectivity index (χ1v) is 11.5. The summed E-state index contributed by atoms with van der Waals surface area (Å²) < 4.78 is 11.5. The number of nitrogens with two attached hydrogens (primary N) is 1. The molecule has 2 aromatic carbocycles. The first-order chi connectivity index (χ1) is 17.2. The van der Waals surface area contributed by atoms with Gasteiger partial charge in [0, 0.05) is 43.0 Å². The first-order valence-electron chi connectivity index (χ1n) is 11.5. The average Bonchev–Trinajstić information content (AvgIpc) is 2.90. The number of ether oxygens (including phenoxy) is 2. The van der Waals surface area contributed by atoms with E-state index in [0.29, 0.717) is 29.5 Å². The van der Waals surface area contributed by atoms with Crippen molar-refractivity contribution in [2.24, 2.45) is 5.73 Å². The standard InChI is InChI=1S/C26H26N6O3/c27-24(33)20-5-1-2-6-22(20)30-26-21-16-19(35-15-12-32-10-13-34-14-11-32)7-8-23(21)29-25(31-26)18-4-3-9-28-17-18/h1-9,16-17H,10-15H2,(H2,27,33)(H,29,30,31). The molecule has 5 rings (SSSR count). The van der Waals surface area contributed by atoms with E-state index >= 15 is 0 Å². The van der Waals surface area contributed by atoms with E-state index in [1.54, 1.807) is 30.6 Å². The van der Waals surface area contributed by atoms with Crippen LogP contribution in [0.4, 0.5) is 11.5 Å². The molecule has 0 saturated carbocycles. The van der Waals surface area contributed by atoms with Crippen molar-refractivity contribution in [3.05, 3.63) is 72.6 Å². The van der Waals surface area contributed by atoms with Crippen molar-refractivity contribution in [1.82, 2.24) is 19.9 Å². The van der Waals surface area contributed by atoms with E-state index in [1.807, 2.05) is 36.4 Å². The Balaban J connectivity index is 1.48. The molecule has 178 valence electrons. The first kappa shape index (κ1) is 22.7. The lowest BCUT2D eigenvalue weighted by atomic mass is 10.1. The number of carbonyl (C=O) groups excluding carboxylic acids is 1. The highest BCUT2D eigenvalue weighted by Gasteiger charge is 2.15. The molecule has 0 unspecified atom stereocenters. The van der Waals surface area contributed by atoms with Gasteiger partial charge in [0.1, 0.15) is 18.2 Å². The number of nitrogens with zero attached hydrogens (tertiary/aromatic N) is 4. The third-order valence-electron chi connectivity index (χ3n) is 5.81. The number of amides is 1. The maximum Gasteiger partial charge on any atom is 0.250 e. The molecule has 0 atom stereocenters. The van der Waals surface area contributed by atoms with Crippen LogP contribution < -0.4 is 15.8 Å². The van der Waals surface area contributed by atoms with Crippen LogP contribution in [0, 0.1) is 0 Å². The van der Waals surface area contributed by atoms with E-state index in [1.165, 1.54) is 0 Å². The Kier molecular flexibility index (Phi) is 6.78. The summed E-state index contributed by atoms with van der Waals surface area (Å²) in [6, 6.07) is 16.5. The molecule has 0 spiro atoms. The van der Waals surface area contributed by atoms with E-state index in [9.17, 15) is 4.79 Å². The maximum atomic E-state index is 12.0. The van der Waals surface area contributed by atoms with E-state index in [0.717, 1.165) is 55.1 Å². The molecule has 1 aliphatic heterocycles. The van der Waals surface area contributed by atoms with Crippen molar-refractivity contribution in [3.63, 3.8) is 0 Å². The lowest BCUT2D eigenvalue weighted by Gasteiger charge is -2.26. The van der Waals surface area contributed by atoms with E-state index < -0.39 is 5.91 Å². The lowest BCUT2D eigenvalue weighted by Crippen LogP contribution is -2.38. The summed E-state index contributed by atoms with van der Waals surface area (Å²) in [6.45, 7) is 4.74. The van der Waals surface area contributed by atoms with Crippen LogP contribution in [0.15, 0.2) is 67.0 Å². The highest BCUT2D eigenvalue weighted by Crippen LogP contribution is 2.31. The van der Waals surface area contributed by atoms with Gasteiger partial charge in [0.2, 0.25) is 0 Å². The number of hydrogen-bond donors (Lipinski definition) is 2. The number of para-hydroxylation sites is 1. The summed E-state index contributed by atoms with van der Waals surface area (Å²) in [5.41, 5.74) is 8.05. The molecule has 0 aliphatic carbocycles. The second kappa shape index (κ2) is 10.5. The third kappa shape index (κ3) is 5.37. The maximum absolute atomic E-state index is 12.0. The van der Waals surface area contributed by atoms with Crippen molar-refractivity contribution < 1.29 is 14.3 Å². The minimum absolute atomic E-state index is 0.375. The molecule has 1 fully saturated rings. The van der Waals surface area contributed by atoms with Crippen molar-refractivity contribution in [1.29, 1.82) is 0 Å². The van der Waals surface area contributed by atoms with Crippen molar-refractivity contribution in [2.45, 2.75) is 0 Å². The van der Waals surface area contributed by atoms with Crippen LogP contribution in [-0.2, 0) is 4.74 Å². The normalized spacial score (nSPS) is 14.1. The zero-order valence-corrected chi connectivity index (χ0v) is 19.2. The smallest absolute Gasteiger partial charge is 0.250 e. The fourth-order valence-electron chi connectivity index (χ4n) is 3.97. The van der Waals surface area contributed by atoms with Crippen LogP contribution in [0.1, 0.15) is 10.4 Å². The molecule has 1 saturated heterocycles. The van der Waals surface area contributed by atoms with Gasteiger partial charge in [-0.2, -0.15) is 0 Å². The summed E-state index contributed by atoms with van der Waals surface area (Å²) in [4.78, 5) is 28.0. The average molecular weight is 471 g/mol. The number of hydrogen-bond acceptors (Lipinski definition) is 8. The molecule has 0 bridgehead atoms. The molecule has 9 heteroatoms. The summed E-state index contributed by atoms with van der Waals surface area (Å²) >= 11 is 0. The predicted octanol–water partition coefficient (Wildman–Crippen LogP) is 3.25. The molecule has 2 aromatic heterocycles. The predicted molar refractivity (Wildman–Crippen MR) is 134 cm³/mol. The summed E-state index contributed by atoms with van der Waals surface area (Å²) in [7, 11) is 0.